The molecule has 1 aromatic rings. The average Bonchev–Trinajstić information content (AvgIpc) is 2.14. The minimum atomic E-state index is -1.50. The van der Waals surface area contributed by atoms with E-state index in [1.807, 2.05) is 0 Å². The van der Waals surface area contributed by atoms with Gasteiger partial charge in [-0.05, 0) is 0 Å². The summed E-state index contributed by atoms with van der Waals surface area (Å²) >= 11 is 0. The maximum atomic E-state index is 9.51. The quantitative estimate of drug-likeness (QED) is 0.390. The molecular weight excluding hydrogens is 202 g/mol. The minimum absolute atomic E-state index is 0.221. The molecule has 0 aliphatic rings. The van der Waals surface area contributed by atoms with Gasteiger partial charge in [-0.15, -0.1) is 0 Å². The van der Waals surface area contributed by atoms with Gasteiger partial charge in [0.1, 0.15) is 23.4 Å². The standard InChI is InChI=1S/C9H13NO5/c10-3-7(14)9(15)8-5(12)1-4(11)2-6(8)13/h1-2,7,9,11-15H,3,10H2. The first-order valence-electron chi connectivity index (χ1n) is 4.28. The van der Waals surface area contributed by atoms with Gasteiger partial charge in [-0.3, -0.25) is 0 Å². The van der Waals surface area contributed by atoms with Crippen molar-refractivity contribution in [3.05, 3.63) is 17.7 Å². The summed E-state index contributed by atoms with van der Waals surface area (Å²) in [4.78, 5) is 0. The Balaban J connectivity index is 3.13. The molecule has 0 aliphatic heterocycles. The van der Waals surface area contributed by atoms with Crippen molar-refractivity contribution in [2.75, 3.05) is 6.54 Å². The number of hydrogen-bond donors (Lipinski definition) is 6. The maximum Gasteiger partial charge on any atom is 0.128 e. The largest absolute Gasteiger partial charge is 0.508 e. The Bertz CT molecular complexity index is 331. The lowest BCUT2D eigenvalue weighted by atomic mass is 10.0. The highest BCUT2D eigenvalue weighted by Crippen LogP contribution is 2.37. The topological polar surface area (TPSA) is 127 Å². The van der Waals surface area contributed by atoms with Crippen LogP contribution in [0.2, 0.25) is 0 Å². The molecule has 2 unspecified atom stereocenters. The molecule has 0 amide bonds. The van der Waals surface area contributed by atoms with Crippen LogP contribution in [0.3, 0.4) is 0 Å². The van der Waals surface area contributed by atoms with E-state index in [1.165, 1.54) is 0 Å². The van der Waals surface area contributed by atoms with E-state index in [4.69, 9.17) is 10.8 Å². The molecule has 7 N–H and O–H groups in total. The molecule has 0 fully saturated rings. The Morgan fingerprint density at radius 2 is 1.53 bits per heavy atom. The second kappa shape index (κ2) is 4.35. The molecule has 0 radical (unpaired) electrons. The molecular formula is C9H13NO5. The predicted octanol–water partition coefficient (Wildman–Crippen LogP) is -0.844. The van der Waals surface area contributed by atoms with Gasteiger partial charge in [0.25, 0.3) is 0 Å². The predicted molar refractivity (Wildman–Crippen MR) is 51.5 cm³/mol. The van der Waals surface area contributed by atoms with Gasteiger partial charge >= 0.3 is 0 Å². The van der Waals surface area contributed by atoms with E-state index in [0.717, 1.165) is 12.1 Å². The van der Waals surface area contributed by atoms with E-state index in [1.54, 1.807) is 0 Å². The third-order valence-corrected chi connectivity index (χ3v) is 2.02. The summed E-state index contributed by atoms with van der Waals surface area (Å²) in [6, 6.07) is 1.89. The van der Waals surface area contributed by atoms with Crippen molar-refractivity contribution in [1.29, 1.82) is 0 Å². The molecule has 15 heavy (non-hydrogen) atoms. The maximum absolute atomic E-state index is 9.51. The fourth-order valence-corrected chi connectivity index (χ4v) is 1.23. The van der Waals surface area contributed by atoms with E-state index in [-0.39, 0.29) is 17.9 Å². The second-order valence-electron chi connectivity index (χ2n) is 3.15. The summed E-state index contributed by atoms with van der Waals surface area (Å²) in [5.74, 6) is -1.36. The second-order valence-corrected chi connectivity index (χ2v) is 3.15. The molecule has 1 rings (SSSR count). The highest BCUT2D eigenvalue weighted by Gasteiger charge is 2.24. The Kier molecular flexibility index (Phi) is 3.35. The van der Waals surface area contributed by atoms with Crippen LogP contribution in [0.15, 0.2) is 12.1 Å². The molecule has 1 aromatic carbocycles. The molecule has 0 aliphatic carbocycles. The van der Waals surface area contributed by atoms with Crippen LogP contribution < -0.4 is 5.73 Å². The number of hydrogen-bond acceptors (Lipinski definition) is 6. The molecule has 0 bridgehead atoms. The van der Waals surface area contributed by atoms with Gasteiger partial charge in [0.2, 0.25) is 0 Å². The molecule has 0 saturated heterocycles. The zero-order valence-electron chi connectivity index (χ0n) is 7.83. The van der Waals surface area contributed by atoms with Gasteiger partial charge in [0, 0.05) is 18.7 Å². The lowest BCUT2D eigenvalue weighted by molar-refractivity contribution is 0.0215. The van der Waals surface area contributed by atoms with E-state index in [0.29, 0.717) is 0 Å². The van der Waals surface area contributed by atoms with Gasteiger partial charge in [-0.25, -0.2) is 0 Å². The number of rotatable bonds is 3. The van der Waals surface area contributed by atoms with E-state index in [9.17, 15) is 20.4 Å². The summed E-state index contributed by atoms with van der Waals surface area (Å²) in [6.07, 6.45) is -2.80. The van der Waals surface area contributed by atoms with E-state index >= 15 is 0 Å². The SMILES string of the molecule is NCC(O)C(O)c1c(O)cc(O)cc1O. The minimum Gasteiger partial charge on any atom is -0.508 e. The molecule has 0 aromatic heterocycles. The third-order valence-electron chi connectivity index (χ3n) is 2.02. The van der Waals surface area contributed by atoms with Crippen molar-refractivity contribution in [3.63, 3.8) is 0 Å². The van der Waals surface area contributed by atoms with Gasteiger partial charge in [0.15, 0.2) is 0 Å². The number of nitrogens with two attached hydrogens (primary N) is 1. The van der Waals surface area contributed by atoms with Gasteiger partial charge in [0.05, 0.1) is 11.7 Å². The number of phenols is 3. The smallest absolute Gasteiger partial charge is 0.128 e. The zero-order valence-corrected chi connectivity index (χ0v) is 7.83. The van der Waals surface area contributed by atoms with Crippen LogP contribution >= 0.6 is 0 Å². The number of aliphatic hydroxyl groups is 2. The van der Waals surface area contributed by atoms with Crippen LogP contribution in [0.4, 0.5) is 0 Å². The summed E-state index contributed by atoms with van der Waals surface area (Å²) in [7, 11) is 0. The van der Waals surface area contributed by atoms with Crippen LogP contribution in [0, 0.1) is 0 Å². The average molecular weight is 215 g/mol. The first-order chi connectivity index (χ1) is 6.97. The Labute approximate surface area is 85.8 Å². The molecule has 84 valence electrons. The monoisotopic (exact) mass is 215 g/mol. The summed E-state index contributed by atoms with van der Waals surface area (Å²) in [5, 5.41) is 46.5. The molecule has 0 saturated carbocycles. The molecule has 6 heteroatoms. The summed E-state index contributed by atoms with van der Waals surface area (Å²) in [5.41, 5.74) is 4.86. The van der Waals surface area contributed by atoms with Crippen LogP contribution in [0.5, 0.6) is 17.2 Å². The van der Waals surface area contributed by atoms with E-state index < -0.39 is 23.7 Å². The fourth-order valence-electron chi connectivity index (χ4n) is 1.23. The van der Waals surface area contributed by atoms with Crippen molar-refractivity contribution in [2.45, 2.75) is 12.2 Å². The summed E-state index contributed by atoms with van der Waals surface area (Å²) < 4.78 is 0. The molecule has 0 spiro atoms. The van der Waals surface area contributed by atoms with Crippen molar-refractivity contribution < 1.29 is 25.5 Å². The van der Waals surface area contributed by atoms with Crippen LogP contribution in [0.25, 0.3) is 0 Å². The van der Waals surface area contributed by atoms with Crippen molar-refractivity contribution >= 4 is 0 Å². The number of aromatic hydroxyl groups is 3. The Hall–Kier alpha value is -1.50. The Morgan fingerprint density at radius 3 is 1.93 bits per heavy atom. The van der Waals surface area contributed by atoms with Crippen LogP contribution in [-0.4, -0.2) is 38.2 Å². The Morgan fingerprint density at radius 1 is 1.07 bits per heavy atom. The highest BCUT2D eigenvalue weighted by atomic mass is 16.3. The molecule has 0 heterocycles. The fraction of sp³-hybridized carbons (Fsp3) is 0.333. The van der Waals surface area contributed by atoms with Crippen molar-refractivity contribution in [3.8, 4) is 17.2 Å². The molecule has 2 atom stereocenters. The first-order valence-corrected chi connectivity index (χ1v) is 4.28. The lowest BCUT2D eigenvalue weighted by Gasteiger charge is -2.18. The molecule has 6 nitrogen and oxygen atoms in total. The van der Waals surface area contributed by atoms with Gasteiger partial charge < -0.3 is 31.3 Å². The third kappa shape index (κ3) is 2.30. The number of aliphatic hydroxyl groups excluding tert-OH is 2. The summed E-state index contributed by atoms with van der Waals surface area (Å²) in [6.45, 7) is -0.221. The lowest BCUT2D eigenvalue weighted by Crippen LogP contribution is -2.27. The zero-order chi connectivity index (χ0) is 11.6. The highest BCUT2D eigenvalue weighted by molar-refractivity contribution is 5.50. The van der Waals surface area contributed by atoms with Crippen LogP contribution in [-0.2, 0) is 0 Å². The van der Waals surface area contributed by atoms with Crippen molar-refractivity contribution in [1.82, 2.24) is 0 Å². The normalized spacial score (nSPS) is 14.9. The van der Waals surface area contributed by atoms with Crippen molar-refractivity contribution in [2.24, 2.45) is 5.73 Å². The number of phenolic OH excluding ortho intramolecular Hbond substituents is 3. The van der Waals surface area contributed by atoms with Gasteiger partial charge in [-0.2, -0.15) is 0 Å². The first kappa shape index (κ1) is 11.6. The van der Waals surface area contributed by atoms with Gasteiger partial charge in [-0.1, -0.05) is 0 Å². The van der Waals surface area contributed by atoms with E-state index in [2.05, 4.69) is 0 Å². The number of benzene rings is 1. The van der Waals surface area contributed by atoms with Crippen LogP contribution in [0.1, 0.15) is 11.7 Å².